The van der Waals surface area contributed by atoms with E-state index >= 15 is 0 Å². The van der Waals surface area contributed by atoms with Gasteiger partial charge in [-0.3, -0.25) is 4.57 Å². The normalized spacial score (nSPS) is 26.3. The molecule has 0 spiro atoms. The molecule has 0 aromatic carbocycles. The Morgan fingerprint density at radius 2 is 1.74 bits per heavy atom. The summed E-state index contributed by atoms with van der Waals surface area (Å²) < 4.78 is 31.3. The second-order valence-corrected chi connectivity index (χ2v) is 16.8. The first-order valence-corrected chi connectivity index (χ1v) is 15.1. The summed E-state index contributed by atoms with van der Waals surface area (Å²) in [6, 6.07) is 0. The summed E-state index contributed by atoms with van der Waals surface area (Å²) in [4.78, 5) is 0. The van der Waals surface area contributed by atoms with Crippen molar-refractivity contribution < 1.29 is 18.0 Å². The van der Waals surface area contributed by atoms with Gasteiger partial charge in [0.1, 0.15) is 0 Å². The van der Waals surface area contributed by atoms with Gasteiger partial charge in [0, 0.05) is 5.75 Å². The standard InChI is InChI=1S/C15H31O4PS2Si/c1-12(2)17-20(16,18-13(3)4)15(21-5)14(10-9-11-22-15)19-23(6,7)8/h9-10,12-14H,11H2,1-8H3/t14-,15+/m1/s1. The highest BCUT2D eigenvalue weighted by molar-refractivity contribution is 8.25. The van der Waals surface area contributed by atoms with Gasteiger partial charge in [-0.15, -0.1) is 23.5 Å². The van der Waals surface area contributed by atoms with Crippen LogP contribution in [-0.4, -0.2) is 42.5 Å². The lowest BCUT2D eigenvalue weighted by atomic mass is 10.3. The molecule has 0 fully saturated rings. The number of hydrogen-bond donors (Lipinski definition) is 0. The monoisotopic (exact) mass is 398 g/mol. The topological polar surface area (TPSA) is 44.8 Å². The SMILES string of the molecule is CS[C@]1(P(=O)(OC(C)C)OC(C)C)SCC=C[C@H]1O[Si](C)(C)C. The Kier molecular flexibility index (Phi) is 8.00. The van der Waals surface area contributed by atoms with Crippen LogP contribution < -0.4 is 0 Å². The molecule has 0 N–H and O–H groups in total. The molecule has 8 heteroatoms. The van der Waals surface area contributed by atoms with E-state index in [1.54, 1.807) is 11.8 Å². The van der Waals surface area contributed by atoms with Gasteiger partial charge in [-0.05, 0) is 53.6 Å². The van der Waals surface area contributed by atoms with Crippen LogP contribution in [0.25, 0.3) is 0 Å². The Balaban J connectivity index is 3.33. The third-order valence-electron chi connectivity index (χ3n) is 2.91. The molecule has 0 aromatic rings. The van der Waals surface area contributed by atoms with Crippen molar-refractivity contribution >= 4 is 39.4 Å². The molecular weight excluding hydrogens is 367 g/mol. The average Bonchev–Trinajstić information content (AvgIpc) is 2.35. The zero-order valence-electron chi connectivity index (χ0n) is 15.5. The van der Waals surface area contributed by atoms with Crippen LogP contribution in [0, 0.1) is 0 Å². The van der Waals surface area contributed by atoms with Gasteiger partial charge in [0.15, 0.2) is 12.1 Å². The molecule has 136 valence electrons. The van der Waals surface area contributed by atoms with Crippen molar-refractivity contribution in [2.24, 2.45) is 0 Å². The molecule has 1 aliphatic rings. The van der Waals surface area contributed by atoms with E-state index in [9.17, 15) is 4.57 Å². The highest BCUT2D eigenvalue weighted by Crippen LogP contribution is 2.73. The van der Waals surface area contributed by atoms with Crippen LogP contribution in [0.5, 0.6) is 0 Å². The fourth-order valence-corrected chi connectivity index (χ4v) is 9.52. The molecule has 2 atom stereocenters. The molecule has 23 heavy (non-hydrogen) atoms. The number of thioether (sulfide) groups is 2. The van der Waals surface area contributed by atoms with Crippen LogP contribution in [0.15, 0.2) is 12.2 Å². The van der Waals surface area contributed by atoms with Crippen LogP contribution in [0.2, 0.25) is 19.6 Å². The first kappa shape index (κ1) is 21.8. The van der Waals surface area contributed by atoms with Crippen LogP contribution in [0.1, 0.15) is 27.7 Å². The van der Waals surface area contributed by atoms with Crippen LogP contribution in [-0.2, 0) is 18.0 Å². The van der Waals surface area contributed by atoms with Gasteiger partial charge in [-0.25, -0.2) is 0 Å². The van der Waals surface area contributed by atoms with E-state index in [0.717, 1.165) is 5.75 Å². The summed E-state index contributed by atoms with van der Waals surface area (Å²) >= 11 is 3.14. The second-order valence-electron chi connectivity index (χ2n) is 7.03. The number of rotatable bonds is 8. The van der Waals surface area contributed by atoms with E-state index in [0.29, 0.717) is 0 Å². The number of hydrogen-bond acceptors (Lipinski definition) is 6. The third kappa shape index (κ3) is 5.63. The maximum Gasteiger partial charge on any atom is 0.360 e. The minimum absolute atomic E-state index is 0.178. The maximum atomic E-state index is 13.9. The van der Waals surface area contributed by atoms with Gasteiger partial charge >= 0.3 is 7.60 Å². The van der Waals surface area contributed by atoms with Gasteiger partial charge in [0.25, 0.3) is 0 Å². The first-order valence-electron chi connectivity index (χ1n) is 7.96. The van der Waals surface area contributed by atoms with Gasteiger partial charge in [-0.2, -0.15) is 0 Å². The van der Waals surface area contributed by atoms with Gasteiger partial charge < -0.3 is 13.5 Å². The molecule has 0 saturated carbocycles. The average molecular weight is 399 g/mol. The van der Waals surface area contributed by atoms with E-state index in [1.165, 1.54) is 11.8 Å². The Bertz CT molecular complexity index is 451. The van der Waals surface area contributed by atoms with Crippen LogP contribution in [0.3, 0.4) is 0 Å². The lowest BCUT2D eigenvalue weighted by Crippen LogP contribution is -2.45. The first-order chi connectivity index (χ1) is 10.5. The Morgan fingerprint density at radius 1 is 1.22 bits per heavy atom. The molecule has 0 bridgehead atoms. The molecule has 0 radical (unpaired) electrons. The fraction of sp³-hybridized carbons (Fsp3) is 0.867. The van der Waals surface area contributed by atoms with Crippen molar-refractivity contribution in [2.45, 2.75) is 69.5 Å². The molecule has 0 saturated heterocycles. The van der Waals surface area contributed by atoms with Gasteiger partial charge in [0.2, 0.25) is 0 Å². The fourth-order valence-electron chi connectivity index (χ4n) is 2.29. The highest BCUT2D eigenvalue weighted by atomic mass is 32.2. The Morgan fingerprint density at radius 3 is 2.13 bits per heavy atom. The molecule has 4 nitrogen and oxygen atoms in total. The zero-order valence-corrected chi connectivity index (χ0v) is 19.0. The Hall–Kier alpha value is 0.767. The minimum Gasteiger partial charge on any atom is -0.408 e. The second kappa shape index (κ2) is 8.43. The smallest absolute Gasteiger partial charge is 0.360 e. The third-order valence-corrected chi connectivity index (χ3v) is 11.2. The quantitative estimate of drug-likeness (QED) is 0.303. The van der Waals surface area contributed by atoms with E-state index in [-0.39, 0.29) is 18.3 Å². The van der Waals surface area contributed by atoms with Crippen molar-refractivity contribution in [3.8, 4) is 0 Å². The molecular formula is C15H31O4PS2Si. The van der Waals surface area contributed by atoms with E-state index in [1.807, 2.05) is 40.0 Å². The van der Waals surface area contributed by atoms with E-state index in [2.05, 4.69) is 25.7 Å². The van der Waals surface area contributed by atoms with Gasteiger partial charge in [-0.1, -0.05) is 12.2 Å². The molecule has 1 aliphatic heterocycles. The molecule has 0 amide bonds. The van der Waals surface area contributed by atoms with Crippen molar-refractivity contribution in [3.63, 3.8) is 0 Å². The summed E-state index contributed by atoms with van der Waals surface area (Å²) in [5.41, 5.74) is 0. The molecule has 0 aliphatic carbocycles. The lowest BCUT2D eigenvalue weighted by molar-refractivity contribution is 0.128. The largest absolute Gasteiger partial charge is 0.408 e. The predicted molar refractivity (Wildman–Crippen MR) is 106 cm³/mol. The molecule has 0 unspecified atom stereocenters. The van der Waals surface area contributed by atoms with E-state index < -0.39 is 19.7 Å². The summed E-state index contributed by atoms with van der Waals surface area (Å²) in [5.74, 6) is 0.777. The van der Waals surface area contributed by atoms with E-state index in [4.69, 9.17) is 13.5 Å². The van der Waals surface area contributed by atoms with Crippen molar-refractivity contribution in [1.82, 2.24) is 0 Å². The van der Waals surface area contributed by atoms with Crippen molar-refractivity contribution in [1.29, 1.82) is 0 Å². The van der Waals surface area contributed by atoms with Gasteiger partial charge in [0.05, 0.1) is 18.3 Å². The summed E-state index contributed by atoms with van der Waals surface area (Å²) in [6.07, 6.45) is 5.44. The molecule has 0 aromatic heterocycles. The van der Waals surface area contributed by atoms with Crippen LogP contribution >= 0.6 is 31.1 Å². The van der Waals surface area contributed by atoms with Crippen molar-refractivity contribution in [3.05, 3.63) is 12.2 Å². The lowest BCUT2D eigenvalue weighted by Gasteiger charge is -2.45. The van der Waals surface area contributed by atoms with Crippen LogP contribution in [0.4, 0.5) is 0 Å². The summed E-state index contributed by atoms with van der Waals surface area (Å²) in [7, 11) is -5.23. The van der Waals surface area contributed by atoms with Crippen molar-refractivity contribution in [2.75, 3.05) is 12.0 Å². The summed E-state index contributed by atoms with van der Waals surface area (Å²) in [5, 5.41) is 0. The molecule has 1 rings (SSSR count). The minimum atomic E-state index is -3.41. The predicted octanol–water partition coefficient (Wildman–Crippen LogP) is 5.57. The Labute approximate surface area is 151 Å². The summed E-state index contributed by atoms with van der Waals surface area (Å²) in [6.45, 7) is 14.0. The molecule has 1 heterocycles. The highest BCUT2D eigenvalue weighted by Gasteiger charge is 2.59. The maximum absolute atomic E-state index is 13.9. The zero-order chi connectivity index (χ0) is 17.9.